The summed E-state index contributed by atoms with van der Waals surface area (Å²) >= 11 is 0. The molecule has 3 heteroatoms. The van der Waals surface area contributed by atoms with Crippen LogP contribution in [0.2, 0.25) is 0 Å². The third kappa shape index (κ3) is 2.03. The molecule has 2 N–H and O–H groups in total. The molecule has 3 nitrogen and oxygen atoms in total. The zero-order valence-corrected chi connectivity index (χ0v) is 7.45. The van der Waals surface area contributed by atoms with Gasteiger partial charge in [-0.1, -0.05) is 6.07 Å². The first-order valence-electron chi connectivity index (χ1n) is 3.91. The second-order valence-electron chi connectivity index (χ2n) is 2.74. The molecule has 1 atom stereocenters. The molecule has 12 heavy (non-hydrogen) atoms. The summed E-state index contributed by atoms with van der Waals surface area (Å²) in [5.74, 6) is 0. The Morgan fingerprint density at radius 3 is 3.00 bits per heavy atom. The lowest BCUT2D eigenvalue weighted by Gasteiger charge is -2.12. The molecule has 1 aromatic heterocycles. The molecular formula is C9H14N2O. The van der Waals surface area contributed by atoms with Crippen LogP contribution in [-0.2, 0) is 4.74 Å². The van der Waals surface area contributed by atoms with Gasteiger partial charge in [-0.15, -0.1) is 0 Å². The molecule has 0 saturated carbocycles. The summed E-state index contributed by atoms with van der Waals surface area (Å²) in [4.78, 5) is 4.15. The quantitative estimate of drug-likeness (QED) is 0.729. The van der Waals surface area contributed by atoms with Gasteiger partial charge < -0.3 is 10.5 Å². The molecule has 66 valence electrons. The van der Waals surface area contributed by atoms with Crippen LogP contribution in [0, 0.1) is 6.92 Å². The third-order valence-electron chi connectivity index (χ3n) is 1.79. The first kappa shape index (κ1) is 9.16. The van der Waals surface area contributed by atoms with Gasteiger partial charge in [-0.05, 0) is 18.6 Å². The summed E-state index contributed by atoms with van der Waals surface area (Å²) < 4.78 is 4.96. The van der Waals surface area contributed by atoms with E-state index in [0.29, 0.717) is 6.61 Å². The first-order valence-corrected chi connectivity index (χ1v) is 3.91. The predicted molar refractivity (Wildman–Crippen MR) is 47.8 cm³/mol. The monoisotopic (exact) mass is 166 g/mol. The molecule has 0 aromatic carbocycles. The van der Waals surface area contributed by atoms with Crippen molar-refractivity contribution < 1.29 is 4.74 Å². The Hall–Kier alpha value is -0.930. The van der Waals surface area contributed by atoms with Crippen molar-refractivity contribution in [2.24, 2.45) is 5.73 Å². The van der Waals surface area contributed by atoms with E-state index in [2.05, 4.69) is 4.98 Å². The molecule has 0 fully saturated rings. The van der Waals surface area contributed by atoms with Crippen LogP contribution in [0.3, 0.4) is 0 Å². The zero-order valence-electron chi connectivity index (χ0n) is 7.45. The number of pyridine rings is 1. The average Bonchev–Trinajstić information content (AvgIpc) is 2.05. The molecule has 0 amide bonds. The Kier molecular flexibility index (Phi) is 3.19. The summed E-state index contributed by atoms with van der Waals surface area (Å²) in [6.07, 6.45) is 1.76. The van der Waals surface area contributed by atoms with Crippen LogP contribution in [0.1, 0.15) is 17.3 Å². The predicted octanol–water partition coefficient (Wildman–Crippen LogP) is 1.04. The minimum Gasteiger partial charge on any atom is -0.383 e. The lowest BCUT2D eigenvalue weighted by molar-refractivity contribution is 0.180. The van der Waals surface area contributed by atoms with Crippen LogP contribution < -0.4 is 5.73 Å². The van der Waals surface area contributed by atoms with Crippen molar-refractivity contribution in [3.05, 3.63) is 29.6 Å². The van der Waals surface area contributed by atoms with Gasteiger partial charge in [0.25, 0.3) is 0 Å². The van der Waals surface area contributed by atoms with Gasteiger partial charge in [-0.25, -0.2) is 0 Å². The van der Waals surface area contributed by atoms with Gasteiger partial charge in [-0.2, -0.15) is 0 Å². The van der Waals surface area contributed by atoms with Gasteiger partial charge in [0.2, 0.25) is 0 Å². The topological polar surface area (TPSA) is 48.1 Å². The van der Waals surface area contributed by atoms with E-state index >= 15 is 0 Å². The number of methoxy groups -OCH3 is 1. The highest BCUT2D eigenvalue weighted by molar-refractivity contribution is 5.21. The summed E-state index contributed by atoms with van der Waals surface area (Å²) in [6, 6.07) is 3.80. The maximum Gasteiger partial charge on any atom is 0.0656 e. The summed E-state index contributed by atoms with van der Waals surface area (Å²) in [5, 5.41) is 0. The Morgan fingerprint density at radius 1 is 1.67 bits per heavy atom. The Bertz CT molecular complexity index is 250. The second kappa shape index (κ2) is 4.18. The highest BCUT2D eigenvalue weighted by atomic mass is 16.5. The Labute approximate surface area is 72.6 Å². The van der Waals surface area contributed by atoms with Crippen LogP contribution in [0.15, 0.2) is 18.3 Å². The number of aromatic nitrogens is 1. The maximum atomic E-state index is 5.84. The third-order valence-corrected chi connectivity index (χ3v) is 1.79. The minimum atomic E-state index is -0.0660. The molecule has 0 aliphatic rings. The van der Waals surface area contributed by atoms with Crippen LogP contribution >= 0.6 is 0 Å². The molecular weight excluding hydrogens is 152 g/mol. The number of rotatable bonds is 3. The van der Waals surface area contributed by atoms with E-state index in [-0.39, 0.29) is 6.04 Å². The number of aryl methyl sites for hydroxylation is 1. The number of hydrogen-bond donors (Lipinski definition) is 1. The highest BCUT2D eigenvalue weighted by Crippen LogP contribution is 2.12. The highest BCUT2D eigenvalue weighted by Gasteiger charge is 2.07. The van der Waals surface area contributed by atoms with E-state index in [1.54, 1.807) is 13.3 Å². The van der Waals surface area contributed by atoms with Crippen LogP contribution in [-0.4, -0.2) is 18.7 Å². The molecule has 0 spiro atoms. The van der Waals surface area contributed by atoms with E-state index in [1.165, 1.54) is 0 Å². The van der Waals surface area contributed by atoms with Crippen molar-refractivity contribution in [2.45, 2.75) is 13.0 Å². The molecule has 0 bridgehead atoms. The van der Waals surface area contributed by atoms with Crippen molar-refractivity contribution in [3.63, 3.8) is 0 Å². The summed E-state index contributed by atoms with van der Waals surface area (Å²) in [5.41, 5.74) is 7.87. The molecule has 0 aliphatic carbocycles. The largest absolute Gasteiger partial charge is 0.383 e. The smallest absolute Gasteiger partial charge is 0.0656 e. The first-order chi connectivity index (χ1) is 5.75. The summed E-state index contributed by atoms with van der Waals surface area (Å²) in [6.45, 7) is 2.48. The maximum absolute atomic E-state index is 5.84. The molecule has 1 aromatic rings. The molecule has 1 rings (SSSR count). The van der Waals surface area contributed by atoms with Gasteiger partial charge in [0.1, 0.15) is 0 Å². The van der Waals surface area contributed by atoms with E-state index < -0.39 is 0 Å². The average molecular weight is 166 g/mol. The number of hydrogen-bond acceptors (Lipinski definition) is 3. The van der Waals surface area contributed by atoms with Crippen molar-refractivity contribution in [1.29, 1.82) is 0 Å². The summed E-state index contributed by atoms with van der Waals surface area (Å²) in [7, 11) is 1.64. The fraction of sp³-hybridized carbons (Fsp3) is 0.444. The molecule has 1 heterocycles. The van der Waals surface area contributed by atoms with E-state index in [4.69, 9.17) is 10.5 Å². The van der Waals surface area contributed by atoms with Gasteiger partial charge in [0.15, 0.2) is 0 Å². The lowest BCUT2D eigenvalue weighted by Crippen LogP contribution is -2.17. The van der Waals surface area contributed by atoms with E-state index in [9.17, 15) is 0 Å². The van der Waals surface area contributed by atoms with Gasteiger partial charge >= 0.3 is 0 Å². The van der Waals surface area contributed by atoms with Gasteiger partial charge in [0, 0.05) is 19.0 Å². The van der Waals surface area contributed by atoms with Crippen LogP contribution in [0.5, 0.6) is 0 Å². The molecule has 0 aliphatic heterocycles. The second-order valence-corrected chi connectivity index (χ2v) is 2.74. The number of ether oxygens (including phenoxy) is 1. The normalized spacial score (nSPS) is 12.9. The number of nitrogens with zero attached hydrogens (tertiary/aromatic N) is 1. The van der Waals surface area contributed by atoms with Crippen molar-refractivity contribution >= 4 is 0 Å². The lowest BCUT2D eigenvalue weighted by atomic mass is 10.1. The molecule has 0 saturated heterocycles. The SMILES string of the molecule is COC[C@H](N)c1cccnc1C. The van der Waals surface area contributed by atoms with E-state index in [1.807, 2.05) is 19.1 Å². The Morgan fingerprint density at radius 2 is 2.42 bits per heavy atom. The van der Waals surface area contributed by atoms with Crippen molar-refractivity contribution in [3.8, 4) is 0 Å². The fourth-order valence-electron chi connectivity index (χ4n) is 1.16. The minimum absolute atomic E-state index is 0.0660. The van der Waals surface area contributed by atoms with E-state index in [0.717, 1.165) is 11.3 Å². The van der Waals surface area contributed by atoms with Crippen LogP contribution in [0.4, 0.5) is 0 Å². The van der Waals surface area contributed by atoms with Crippen molar-refractivity contribution in [1.82, 2.24) is 4.98 Å². The molecule has 0 radical (unpaired) electrons. The number of nitrogens with two attached hydrogens (primary N) is 1. The standard InChI is InChI=1S/C9H14N2O/c1-7-8(4-3-5-11-7)9(10)6-12-2/h3-5,9H,6,10H2,1-2H3/t9-/m0/s1. The fourth-order valence-corrected chi connectivity index (χ4v) is 1.16. The zero-order chi connectivity index (χ0) is 8.97. The van der Waals surface area contributed by atoms with Crippen molar-refractivity contribution in [2.75, 3.05) is 13.7 Å². The Balaban J connectivity index is 2.79. The van der Waals surface area contributed by atoms with Crippen LogP contribution in [0.25, 0.3) is 0 Å². The molecule has 0 unspecified atom stereocenters. The van der Waals surface area contributed by atoms with Gasteiger partial charge in [0.05, 0.1) is 12.6 Å². The van der Waals surface area contributed by atoms with Gasteiger partial charge in [-0.3, -0.25) is 4.98 Å².